The molecule has 1 aromatic rings. The van der Waals surface area contributed by atoms with E-state index in [1.807, 2.05) is 0 Å². The molecule has 1 saturated heterocycles. The molecule has 1 heterocycles. The van der Waals surface area contributed by atoms with Crippen LogP contribution in [0.25, 0.3) is 0 Å². The molecule has 22 heavy (non-hydrogen) atoms. The van der Waals surface area contributed by atoms with Crippen molar-refractivity contribution in [2.75, 3.05) is 4.90 Å². The van der Waals surface area contributed by atoms with Crippen LogP contribution in [0.4, 0.5) is 23.7 Å². The van der Waals surface area contributed by atoms with Gasteiger partial charge in [-0.3, -0.25) is 0 Å². The number of urea groups is 1. The number of imide groups is 1. The first-order valence-electron chi connectivity index (χ1n) is 6.07. The third kappa shape index (κ3) is 2.63. The molecule has 0 saturated carbocycles. The van der Waals surface area contributed by atoms with E-state index < -0.39 is 34.8 Å². The van der Waals surface area contributed by atoms with Crippen LogP contribution in [-0.4, -0.2) is 17.5 Å². The van der Waals surface area contributed by atoms with Crippen molar-refractivity contribution in [1.29, 1.82) is 5.26 Å². The van der Waals surface area contributed by atoms with Crippen LogP contribution in [0.1, 0.15) is 25.0 Å². The van der Waals surface area contributed by atoms with Crippen LogP contribution in [0.5, 0.6) is 0 Å². The van der Waals surface area contributed by atoms with Crippen molar-refractivity contribution >= 4 is 20.0 Å². The van der Waals surface area contributed by atoms with Crippen molar-refractivity contribution in [1.82, 2.24) is 5.32 Å². The van der Waals surface area contributed by atoms with E-state index in [1.165, 1.54) is 26.0 Å². The minimum absolute atomic E-state index is 0.00476. The molecule has 0 bridgehead atoms. The molecule has 2 rings (SSSR count). The third-order valence-electron chi connectivity index (χ3n) is 3.23. The van der Waals surface area contributed by atoms with E-state index in [2.05, 4.69) is 5.32 Å². The zero-order chi connectivity index (χ0) is 16.9. The molecule has 1 aromatic carbocycles. The number of alkyl halides is 3. The molecular weight excluding hydrogens is 376 g/mol. The zero-order valence-electron chi connectivity index (χ0n) is 11.6. The average Bonchev–Trinajstić information content (AvgIpc) is 2.57. The fourth-order valence-corrected chi connectivity index (χ4v) is 3.51. The third-order valence-corrected chi connectivity index (χ3v) is 4.66. The van der Waals surface area contributed by atoms with Gasteiger partial charge >= 0.3 is 144 Å². The van der Waals surface area contributed by atoms with Gasteiger partial charge in [0.2, 0.25) is 0 Å². The second kappa shape index (κ2) is 5.32. The van der Waals surface area contributed by atoms with Gasteiger partial charge in [-0.2, -0.15) is 0 Å². The predicted molar refractivity (Wildman–Crippen MR) is 65.9 cm³/mol. The number of hydrogen-bond acceptors (Lipinski definition) is 3. The summed E-state index contributed by atoms with van der Waals surface area (Å²) < 4.78 is 39.3. The summed E-state index contributed by atoms with van der Waals surface area (Å²) >= 11 is -0.00476. The van der Waals surface area contributed by atoms with Gasteiger partial charge < -0.3 is 0 Å². The summed E-state index contributed by atoms with van der Waals surface area (Å²) in [5.41, 5.74) is -2.91. The maximum absolute atomic E-state index is 13.2. The standard InChI is InChI=1S/C13H9F3N3O2.Y/c1-12(2)10(20)19(11(21)18-12)8-4-3-7(6-17)9(5-8)13(14,15)16;/h3-4H,1-2H3,(H,18,21);. The van der Waals surface area contributed by atoms with Crippen LogP contribution in [0.2, 0.25) is 0 Å². The first kappa shape index (κ1) is 16.9. The van der Waals surface area contributed by atoms with Crippen LogP contribution in [-0.2, 0) is 41.9 Å². The van der Waals surface area contributed by atoms with Gasteiger partial charge in [-0.05, 0) is 0 Å². The number of hydrogen-bond donors (Lipinski definition) is 1. The van der Waals surface area contributed by atoms with Crippen molar-refractivity contribution < 1.29 is 53.7 Å². The fraction of sp³-hybridized carbons (Fsp3) is 0.308. The minimum atomic E-state index is -4.73. The molecule has 1 aliphatic heterocycles. The Morgan fingerprint density at radius 3 is 2.32 bits per heavy atom. The van der Waals surface area contributed by atoms with Gasteiger partial charge in [0.25, 0.3) is 0 Å². The van der Waals surface area contributed by atoms with E-state index in [4.69, 9.17) is 5.26 Å². The summed E-state index contributed by atoms with van der Waals surface area (Å²) in [4.78, 5) is 24.9. The predicted octanol–water partition coefficient (Wildman–Crippen LogP) is 1.58. The number of rotatable bonds is 1. The fourth-order valence-electron chi connectivity index (χ4n) is 2.17. The molecule has 1 N–H and O–H groups in total. The molecule has 0 radical (unpaired) electrons. The quantitative estimate of drug-likeness (QED) is 0.747. The van der Waals surface area contributed by atoms with Gasteiger partial charge in [-0.25, -0.2) is 0 Å². The number of nitrogens with one attached hydrogen (secondary N) is 1. The number of halogens is 3. The van der Waals surface area contributed by atoms with Crippen molar-refractivity contribution in [2.24, 2.45) is 0 Å². The van der Waals surface area contributed by atoms with Gasteiger partial charge in [0.1, 0.15) is 0 Å². The molecular formula is C13H9F3N3O2Y. The summed E-state index contributed by atoms with van der Waals surface area (Å²) in [6.45, 7) is 2.93. The summed E-state index contributed by atoms with van der Waals surface area (Å²) in [5, 5.41) is 11.3. The van der Waals surface area contributed by atoms with Crippen molar-refractivity contribution in [3.05, 3.63) is 23.3 Å². The van der Waals surface area contributed by atoms with Crippen LogP contribution in [0.15, 0.2) is 12.1 Å². The number of anilines is 1. The number of amides is 3. The first-order valence-corrected chi connectivity index (χ1v) is 7.49. The summed E-state index contributed by atoms with van der Waals surface area (Å²) in [6, 6.07) is 2.90. The maximum atomic E-state index is 13.2. The van der Waals surface area contributed by atoms with Crippen LogP contribution in [0, 0.1) is 11.3 Å². The molecule has 0 atom stereocenters. The Balaban J connectivity index is 2.67. The van der Waals surface area contributed by atoms with Crippen LogP contribution >= 0.6 is 0 Å². The van der Waals surface area contributed by atoms with E-state index in [9.17, 15) is 22.8 Å². The van der Waals surface area contributed by atoms with Gasteiger partial charge in [0.05, 0.1) is 0 Å². The van der Waals surface area contributed by atoms with Crippen LogP contribution in [0.3, 0.4) is 0 Å². The number of carbonyl (C=O) groups excluding carboxylic acids is 2. The molecule has 0 aromatic heterocycles. The first-order chi connectivity index (χ1) is 10.0. The van der Waals surface area contributed by atoms with Crippen molar-refractivity contribution in [3.63, 3.8) is 0 Å². The molecule has 0 unspecified atom stereocenters. The molecule has 0 spiro atoms. The molecule has 112 valence electrons. The number of nitrogens with zero attached hydrogens (tertiary/aromatic N) is 2. The Hall–Kier alpha value is -1.46. The Morgan fingerprint density at radius 2 is 1.91 bits per heavy atom. The Labute approximate surface area is 143 Å². The van der Waals surface area contributed by atoms with E-state index in [-0.39, 0.29) is 39.0 Å². The van der Waals surface area contributed by atoms with Crippen molar-refractivity contribution in [2.45, 2.75) is 25.6 Å². The van der Waals surface area contributed by atoms with E-state index in [0.717, 1.165) is 6.07 Å². The monoisotopic (exact) mass is 385 g/mol. The second-order valence-corrected chi connectivity index (χ2v) is 6.65. The molecule has 1 fully saturated rings. The van der Waals surface area contributed by atoms with Gasteiger partial charge in [0, 0.05) is 0 Å². The van der Waals surface area contributed by atoms with Gasteiger partial charge in [0.15, 0.2) is 0 Å². The Kier molecular flexibility index (Phi) is 4.09. The zero-order valence-corrected chi connectivity index (χ0v) is 14.4. The molecule has 0 aliphatic carbocycles. The molecule has 5 nitrogen and oxygen atoms in total. The van der Waals surface area contributed by atoms with Gasteiger partial charge in [-0.1, -0.05) is 0 Å². The Bertz CT molecular complexity index is 722. The summed E-state index contributed by atoms with van der Waals surface area (Å²) in [6.07, 6.45) is -4.73. The molecule has 9 heteroatoms. The van der Waals surface area contributed by atoms with Crippen molar-refractivity contribution in [3.8, 4) is 6.07 Å². The number of nitriles is 1. The Morgan fingerprint density at radius 1 is 1.32 bits per heavy atom. The van der Waals surface area contributed by atoms with E-state index in [1.54, 1.807) is 0 Å². The topological polar surface area (TPSA) is 73.2 Å². The number of carbonyl (C=O) groups is 2. The van der Waals surface area contributed by atoms with Gasteiger partial charge in [-0.15, -0.1) is 0 Å². The van der Waals surface area contributed by atoms with E-state index >= 15 is 0 Å². The second-order valence-electron chi connectivity index (χ2n) is 5.23. The molecule has 3 amide bonds. The summed E-state index contributed by atoms with van der Waals surface area (Å²) in [5.74, 6) is -0.633. The number of benzene rings is 1. The van der Waals surface area contributed by atoms with Crippen LogP contribution < -0.4 is 12.6 Å². The summed E-state index contributed by atoms with van der Waals surface area (Å²) in [7, 11) is 0. The van der Waals surface area contributed by atoms with E-state index in [0.29, 0.717) is 4.90 Å². The molecule has 1 aliphatic rings. The SMILES string of the molecule is CC1(C)NC(=O)N(c2ccc(C#N)c(C(F)(F)F)[c]2[Y])C1=O. The average molecular weight is 385 g/mol. The normalized spacial score (nSPS) is 17.3.